The SMILES string of the molecule is Cc1ccc(C(C)(N)CCO)cc1F. The van der Waals surface area contributed by atoms with Gasteiger partial charge in [-0.05, 0) is 37.5 Å². The van der Waals surface area contributed by atoms with Gasteiger partial charge in [0.15, 0.2) is 0 Å². The van der Waals surface area contributed by atoms with E-state index in [2.05, 4.69) is 0 Å². The molecular weight excluding hydrogens is 181 g/mol. The molecule has 3 heteroatoms. The quantitative estimate of drug-likeness (QED) is 0.774. The predicted molar refractivity (Wildman–Crippen MR) is 54.4 cm³/mol. The Labute approximate surface area is 83.6 Å². The topological polar surface area (TPSA) is 46.2 Å². The van der Waals surface area contributed by atoms with Crippen molar-refractivity contribution in [2.24, 2.45) is 5.73 Å². The molecule has 14 heavy (non-hydrogen) atoms. The number of benzene rings is 1. The monoisotopic (exact) mass is 197 g/mol. The van der Waals surface area contributed by atoms with Crippen LogP contribution in [0.4, 0.5) is 4.39 Å². The standard InChI is InChI=1S/C11H16FNO/c1-8-3-4-9(7-10(8)12)11(2,13)5-6-14/h3-4,7,14H,5-6,13H2,1-2H3. The van der Waals surface area contributed by atoms with Crippen molar-refractivity contribution in [2.75, 3.05) is 6.61 Å². The van der Waals surface area contributed by atoms with Crippen molar-refractivity contribution in [1.29, 1.82) is 0 Å². The molecule has 1 aromatic carbocycles. The van der Waals surface area contributed by atoms with Crippen LogP contribution in [0.5, 0.6) is 0 Å². The highest BCUT2D eigenvalue weighted by Crippen LogP contribution is 2.22. The van der Waals surface area contributed by atoms with E-state index in [4.69, 9.17) is 10.8 Å². The molecule has 1 atom stereocenters. The number of hydrogen-bond acceptors (Lipinski definition) is 2. The second-order valence-electron chi connectivity index (χ2n) is 3.86. The number of hydrogen-bond donors (Lipinski definition) is 2. The van der Waals surface area contributed by atoms with Crippen LogP contribution < -0.4 is 5.73 Å². The van der Waals surface area contributed by atoms with Crippen LogP contribution in [-0.2, 0) is 5.54 Å². The fourth-order valence-corrected chi connectivity index (χ4v) is 1.32. The van der Waals surface area contributed by atoms with Crippen LogP contribution in [0.3, 0.4) is 0 Å². The third-order valence-corrected chi connectivity index (χ3v) is 2.46. The lowest BCUT2D eigenvalue weighted by Gasteiger charge is -2.24. The molecule has 0 aliphatic rings. The highest BCUT2D eigenvalue weighted by molar-refractivity contribution is 5.28. The average molecular weight is 197 g/mol. The normalized spacial score (nSPS) is 15.2. The summed E-state index contributed by atoms with van der Waals surface area (Å²) in [5.74, 6) is -0.253. The highest BCUT2D eigenvalue weighted by atomic mass is 19.1. The van der Waals surface area contributed by atoms with Crippen LogP contribution in [0.2, 0.25) is 0 Å². The van der Waals surface area contributed by atoms with Crippen LogP contribution >= 0.6 is 0 Å². The van der Waals surface area contributed by atoms with Crippen molar-refractivity contribution < 1.29 is 9.50 Å². The Morgan fingerprint density at radius 2 is 2.14 bits per heavy atom. The number of aryl methyl sites for hydroxylation is 1. The summed E-state index contributed by atoms with van der Waals surface area (Å²) in [6, 6.07) is 4.94. The van der Waals surface area contributed by atoms with E-state index in [0.29, 0.717) is 12.0 Å². The van der Waals surface area contributed by atoms with E-state index in [0.717, 1.165) is 5.56 Å². The first-order valence-electron chi connectivity index (χ1n) is 4.64. The Hall–Kier alpha value is -0.930. The van der Waals surface area contributed by atoms with Crippen LogP contribution in [0.1, 0.15) is 24.5 Å². The van der Waals surface area contributed by atoms with Gasteiger partial charge in [0.1, 0.15) is 5.82 Å². The minimum absolute atomic E-state index is 0.00248. The molecule has 0 radical (unpaired) electrons. The Morgan fingerprint density at radius 1 is 1.50 bits per heavy atom. The van der Waals surface area contributed by atoms with Crippen molar-refractivity contribution in [3.63, 3.8) is 0 Å². The molecule has 0 amide bonds. The van der Waals surface area contributed by atoms with Gasteiger partial charge in [0.05, 0.1) is 0 Å². The Balaban J connectivity index is 3.01. The van der Waals surface area contributed by atoms with E-state index in [1.54, 1.807) is 26.0 Å². The largest absolute Gasteiger partial charge is 0.396 e. The molecule has 0 aromatic heterocycles. The molecule has 1 rings (SSSR count). The molecule has 2 nitrogen and oxygen atoms in total. The van der Waals surface area contributed by atoms with E-state index in [1.807, 2.05) is 0 Å². The summed E-state index contributed by atoms with van der Waals surface area (Å²) in [5, 5.41) is 8.81. The molecule has 3 N–H and O–H groups in total. The third-order valence-electron chi connectivity index (χ3n) is 2.46. The van der Waals surface area contributed by atoms with Gasteiger partial charge in [-0.2, -0.15) is 0 Å². The maximum Gasteiger partial charge on any atom is 0.126 e. The lowest BCUT2D eigenvalue weighted by Crippen LogP contribution is -2.34. The molecule has 0 spiro atoms. The zero-order chi connectivity index (χ0) is 10.8. The molecule has 0 aliphatic heterocycles. The van der Waals surface area contributed by atoms with Crippen molar-refractivity contribution >= 4 is 0 Å². The maximum absolute atomic E-state index is 13.2. The lowest BCUT2D eigenvalue weighted by molar-refractivity contribution is 0.247. The van der Waals surface area contributed by atoms with Gasteiger partial charge in [-0.1, -0.05) is 12.1 Å². The van der Waals surface area contributed by atoms with Crippen molar-refractivity contribution in [3.05, 3.63) is 35.1 Å². The van der Waals surface area contributed by atoms with Crippen LogP contribution in [0, 0.1) is 12.7 Å². The maximum atomic E-state index is 13.2. The summed E-state index contributed by atoms with van der Waals surface area (Å²) < 4.78 is 13.2. The highest BCUT2D eigenvalue weighted by Gasteiger charge is 2.21. The Kier molecular flexibility index (Phi) is 3.24. The molecule has 1 unspecified atom stereocenters. The van der Waals surface area contributed by atoms with Gasteiger partial charge in [0.2, 0.25) is 0 Å². The molecule has 1 aromatic rings. The van der Waals surface area contributed by atoms with Crippen molar-refractivity contribution in [3.8, 4) is 0 Å². The summed E-state index contributed by atoms with van der Waals surface area (Å²) in [5.41, 5.74) is 6.60. The van der Waals surface area contributed by atoms with Gasteiger partial charge in [0, 0.05) is 12.1 Å². The fourth-order valence-electron chi connectivity index (χ4n) is 1.32. The molecule has 0 heterocycles. The Morgan fingerprint density at radius 3 is 2.64 bits per heavy atom. The second kappa shape index (κ2) is 4.07. The molecule has 0 saturated heterocycles. The third kappa shape index (κ3) is 2.30. The summed E-state index contributed by atoms with van der Waals surface area (Å²) in [6.07, 6.45) is 0.426. The van der Waals surface area contributed by atoms with Crippen LogP contribution in [0.15, 0.2) is 18.2 Å². The van der Waals surface area contributed by atoms with Gasteiger partial charge < -0.3 is 10.8 Å². The minimum Gasteiger partial charge on any atom is -0.396 e. The lowest BCUT2D eigenvalue weighted by atomic mass is 9.89. The second-order valence-corrected chi connectivity index (χ2v) is 3.86. The molecule has 78 valence electrons. The first kappa shape index (κ1) is 11.1. The summed E-state index contributed by atoms with van der Waals surface area (Å²) in [7, 11) is 0. The van der Waals surface area contributed by atoms with Gasteiger partial charge in [-0.25, -0.2) is 4.39 Å². The van der Waals surface area contributed by atoms with E-state index in [-0.39, 0.29) is 12.4 Å². The van der Waals surface area contributed by atoms with Gasteiger partial charge in [-0.15, -0.1) is 0 Å². The predicted octanol–water partition coefficient (Wildman–Crippen LogP) is 1.69. The molecular formula is C11H16FNO. The van der Waals surface area contributed by atoms with E-state index in [1.165, 1.54) is 6.07 Å². The summed E-state index contributed by atoms with van der Waals surface area (Å²) in [6.45, 7) is 3.49. The summed E-state index contributed by atoms with van der Waals surface area (Å²) in [4.78, 5) is 0. The van der Waals surface area contributed by atoms with E-state index < -0.39 is 5.54 Å². The number of halogens is 1. The fraction of sp³-hybridized carbons (Fsp3) is 0.455. The number of aliphatic hydroxyl groups is 1. The van der Waals surface area contributed by atoms with E-state index in [9.17, 15) is 4.39 Å². The smallest absolute Gasteiger partial charge is 0.126 e. The zero-order valence-corrected chi connectivity index (χ0v) is 8.55. The number of nitrogens with two attached hydrogens (primary N) is 1. The molecule has 0 aliphatic carbocycles. The average Bonchev–Trinajstić information content (AvgIpc) is 2.09. The van der Waals surface area contributed by atoms with Gasteiger partial charge in [0.25, 0.3) is 0 Å². The number of rotatable bonds is 3. The summed E-state index contributed by atoms with van der Waals surface area (Å²) >= 11 is 0. The Bertz CT molecular complexity index is 323. The van der Waals surface area contributed by atoms with Crippen LogP contribution in [-0.4, -0.2) is 11.7 Å². The molecule has 0 saturated carbocycles. The van der Waals surface area contributed by atoms with Crippen molar-refractivity contribution in [1.82, 2.24) is 0 Å². The zero-order valence-electron chi connectivity index (χ0n) is 8.55. The van der Waals surface area contributed by atoms with Crippen molar-refractivity contribution in [2.45, 2.75) is 25.8 Å². The number of aliphatic hydroxyl groups excluding tert-OH is 1. The van der Waals surface area contributed by atoms with Crippen LogP contribution in [0.25, 0.3) is 0 Å². The van der Waals surface area contributed by atoms with Gasteiger partial charge in [-0.3, -0.25) is 0 Å². The first-order chi connectivity index (χ1) is 6.47. The van der Waals surface area contributed by atoms with E-state index >= 15 is 0 Å². The van der Waals surface area contributed by atoms with Gasteiger partial charge >= 0.3 is 0 Å². The molecule has 0 bridgehead atoms. The molecule has 0 fully saturated rings. The minimum atomic E-state index is -0.663. The first-order valence-corrected chi connectivity index (χ1v) is 4.64.